The lowest BCUT2D eigenvalue weighted by molar-refractivity contribution is 0.730. The van der Waals surface area contributed by atoms with Crippen molar-refractivity contribution in [1.29, 1.82) is 0 Å². The molecule has 0 aliphatic carbocycles. The highest BCUT2D eigenvalue weighted by molar-refractivity contribution is 6.40. The van der Waals surface area contributed by atoms with Crippen molar-refractivity contribution in [3.8, 4) is 16.9 Å². The summed E-state index contributed by atoms with van der Waals surface area (Å²) in [5, 5.41) is 0.551. The number of hydrogen-bond acceptors (Lipinski definition) is 2. The molecule has 112 valence electrons. The van der Waals surface area contributed by atoms with Gasteiger partial charge in [0.05, 0.1) is 11.4 Å². The van der Waals surface area contributed by atoms with Crippen LogP contribution in [0.3, 0.4) is 0 Å². The largest absolute Gasteiger partial charge is 0.307 e. The van der Waals surface area contributed by atoms with Gasteiger partial charge in [-0.25, -0.2) is 4.98 Å². The van der Waals surface area contributed by atoms with Gasteiger partial charge in [0.2, 0.25) is 0 Å². The summed E-state index contributed by atoms with van der Waals surface area (Å²) in [6, 6.07) is 13.0. The van der Waals surface area contributed by atoms with E-state index in [4.69, 9.17) is 23.2 Å². The molecule has 6 heteroatoms. The summed E-state index contributed by atoms with van der Waals surface area (Å²) in [5.41, 5.74) is 2.41. The molecule has 0 saturated carbocycles. The van der Waals surface area contributed by atoms with Gasteiger partial charge in [0.15, 0.2) is 10.3 Å². The molecule has 3 rings (SSSR count). The predicted octanol–water partition coefficient (Wildman–Crippen LogP) is 4.03. The zero-order valence-corrected chi connectivity index (χ0v) is 13.3. The molecule has 22 heavy (non-hydrogen) atoms. The van der Waals surface area contributed by atoms with Crippen molar-refractivity contribution in [3.63, 3.8) is 0 Å². The van der Waals surface area contributed by atoms with Gasteiger partial charge in [-0.3, -0.25) is 9.36 Å². The highest BCUT2D eigenvalue weighted by atomic mass is 35.5. The Bertz CT molecular complexity index is 869. The van der Waals surface area contributed by atoms with Crippen LogP contribution in [0.4, 0.5) is 0 Å². The topological polar surface area (TPSA) is 39.8 Å². The van der Waals surface area contributed by atoms with Crippen LogP contribution in [0.25, 0.3) is 16.9 Å². The number of imidazole rings is 1. The van der Waals surface area contributed by atoms with Gasteiger partial charge in [0, 0.05) is 18.2 Å². The van der Waals surface area contributed by atoms with Gasteiger partial charge >= 0.3 is 0 Å². The van der Waals surface area contributed by atoms with E-state index >= 15 is 0 Å². The Balaban J connectivity index is 2.37. The minimum absolute atomic E-state index is 0.0626. The number of pyridine rings is 1. The summed E-state index contributed by atoms with van der Waals surface area (Å²) >= 11 is 12.2. The van der Waals surface area contributed by atoms with E-state index in [-0.39, 0.29) is 10.7 Å². The van der Waals surface area contributed by atoms with Gasteiger partial charge in [0.1, 0.15) is 6.33 Å². The maximum Gasteiger partial charge on any atom is 0.251 e. The molecule has 2 aromatic heterocycles. The molecule has 2 heterocycles. The van der Waals surface area contributed by atoms with Gasteiger partial charge in [-0.05, 0) is 13.0 Å². The quantitative estimate of drug-likeness (QED) is 0.726. The molecule has 4 nitrogen and oxygen atoms in total. The molecule has 0 aliphatic heterocycles. The molecule has 0 fully saturated rings. The maximum absolute atomic E-state index is 12.2. The van der Waals surface area contributed by atoms with Crippen LogP contribution in [0.2, 0.25) is 10.3 Å². The predicted molar refractivity (Wildman–Crippen MR) is 89.0 cm³/mol. The normalized spacial score (nSPS) is 10.9. The van der Waals surface area contributed by atoms with Crippen LogP contribution >= 0.6 is 23.2 Å². The number of benzene rings is 1. The highest BCUT2D eigenvalue weighted by Crippen LogP contribution is 2.30. The Kier molecular flexibility index (Phi) is 4.05. The van der Waals surface area contributed by atoms with Crippen molar-refractivity contribution in [2.45, 2.75) is 13.5 Å². The third-order valence-electron chi connectivity index (χ3n) is 3.45. The Hall–Kier alpha value is -2.04. The number of halogens is 2. The Morgan fingerprint density at radius 2 is 1.82 bits per heavy atom. The van der Waals surface area contributed by atoms with E-state index in [0.717, 1.165) is 16.9 Å². The van der Waals surface area contributed by atoms with Crippen LogP contribution in [-0.4, -0.2) is 14.1 Å². The lowest BCUT2D eigenvalue weighted by Gasteiger charge is -2.17. The van der Waals surface area contributed by atoms with Crippen molar-refractivity contribution < 1.29 is 0 Å². The number of rotatable bonds is 3. The van der Waals surface area contributed by atoms with Gasteiger partial charge in [-0.15, -0.1) is 0 Å². The van der Waals surface area contributed by atoms with Crippen LogP contribution in [0.15, 0.2) is 53.6 Å². The lowest BCUT2D eigenvalue weighted by Crippen LogP contribution is -2.21. The molecule has 0 unspecified atom stereocenters. The van der Waals surface area contributed by atoms with E-state index in [2.05, 4.69) is 4.98 Å². The molecule has 0 radical (unpaired) electrons. The smallest absolute Gasteiger partial charge is 0.251 e. The summed E-state index contributed by atoms with van der Waals surface area (Å²) in [6.07, 6.45) is 1.55. The van der Waals surface area contributed by atoms with Gasteiger partial charge in [-0.1, -0.05) is 53.5 Å². The molecular formula is C16H13Cl2N3O. The monoisotopic (exact) mass is 333 g/mol. The van der Waals surface area contributed by atoms with E-state index in [0.29, 0.717) is 11.7 Å². The second kappa shape index (κ2) is 5.99. The minimum Gasteiger partial charge on any atom is -0.307 e. The van der Waals surface area contributed by atoms with Crippen molar-refractivity contribution in [2.75, 3.05) is 0 Å². The molecule has 0 atom stereocenters. The molecule has 0 N–H and O–H groups in total. The maximum atomic E-state index is 12.2. The Labute approximate surface area is 137 Å². The van der Waals surface area contributed by atoms with Crippen molar-refractivity contribution in [1.82, 2.24) is 14.1 Å². The molecule has 0 aliphatic rings. The van der Waals surface area contributed by atoms with E-state index in [1.807, 2.05) is 37.3 Å². The Morgan fingerprint density at radius 3 is 2.41 bits per heavy atom. The molecule has 0 saturated heterocycles. The molecule has 0 bridgehead atoms. The first-order valence-electron chi connectivity index (χ1n) is 6.81. The average Bonchev–Trinajstić information content (AvgIpc) is 2.87. The molecule has 1 aromatic carbocycles. The van der Waals surface area contributed by atoms with E-state index in [1.54, 1.807) is 21.5 Å². The second-order valence-corrected chi connectivity index (χ2v) is 5.43. The summed E-state index contributed by atoms with van der Waals surface area (Å²) in [5.74, 6) is 0. The first kappa shape index (κ1) is 14.9. The zero-order valence-electron chi connectivity index (χ0n) is 11.8. The summed E-state index contributed by atoms with van der Waals surface area (Å²) in [7, 11) is 0. The fraction of sp³-hybridized carbons (Fsp3) is 0.125. The molecular weight excluding hydrogens is 321 g/mol. The van der Waals surface area contributed by atoms with Crippen LogP contribution in [0, 0.1) is 0 Å². The molecule has 3 aromatic rings. The van der Waals surface area contributed by atoms with Crippen LogP contribution < -0.4 is 5.56 Å². The summed E-state index contributed by atoms with van der Waals surface area (Å²) in [4.78, 5) is 16.2. The van der Waals surface area contributed by atoms with Crippen LogP contribution in [-0.2, 0) is 6.54 Å². The highest BCUT2D eigenvalue weighted by Gasteiger charge is 2.16. The fourth-order valence-corrected chi connectivity index (χ4v) is 2.77. The third kappa shape index (κ3) is 2.45. The Morgan fingerprint density at radius 1 is 1.09 bits per heavy atom. The second-order valence-electron chi connectivity index (χ2n) is 4.71. The molecule has 0 spiro atoms. The molecule has 0 amide bonds. The first-order chi connectivity index (χ1) is 10.6. The third-order valence-corrected chi connectivity index (χ3v) is 4.19. The van der Waals surface area contributed by atoms with Gasteiger partial charge in [0.25, 0.3) is 5.56 Å². The van der Waals surface area contributed by atoms with Gasteiger partial charge < -0.3 is 4.57 Å². The standard InChI is InChI=1S/C16H13Cl2N3O/c1-2-20-13(22)9-8-12(21-10-19-15(17)16(21)18)14(20)11-6-4-3-5-7-11/h3-10H,2H2,1H3. The van der Waals surface area contributed by atoms with Crippen LogP contribution in [0.1, 0.15) is 6.92 Å². The summed E-state index contributed by atoms with van der Waals surface area (Å²) < 4.78 is 3.38. The fourth-order valence-electron chi connectivity index (χ4n) is 2.46. The SMILES string of the molecule is CCn1c(-c2ccccc2)c(-n2cnc(Cl)c2Cl)ccc1=O. The van der Waals surface area contributed by atoms with E-state index in [9.17, 15) is 4.79 Å². The number of hydrogen-bond donors (Lipinski definition) is 0. The van der Waals surface area contributed by atoms with Crippen molar-refractivity contribution >= 4 is 23.2 Å². The van der Waals surface area contributed by atoms with E-state index < -0.39 is 0 Å². The van der Waals surface area contributed by atoms with E-state index in [1.165, 1.54) is 6.07 Å². The minimum atomic E-state index is -0.0626. The van der Waals surface area contributed by atoms with Crippen molar-refractivity contribution in [2.24, 2.45) is 0 Å². The zero-order chi connectivity index (χ0) is 15.7. The number of aromatic nitrogens is 3. The summed E-state index contributed by atoms with van der Waals surface area (Å²) in [6.45, 7) is 2.48. The average molecular weight is 334 g/mol. The number of nitrogens with zero attached hydrogens (tertiary/aromatic N) is 3. The lowest BCUT2D eigenvalue weighted by atomic mass is 10.1. The van der Waals surface area contributed by atoms with Crippen LogP contribution in [0.5, 0.6) is 0 Å². The van der Waals surface area contributed by atoms with Gasteiger partial charge in [-0.2, -0.15) is 0 Å². The first-order valence-corrected chi connectivity index (χ1v) is 7.57. The van der Waals surface area contributed by atoms with Crippen molar-refractivity contribution in [3.05, 3.63) is 69.5 Å².